The van der Waals surface area contributed by atoms with Gasteiger partial charge in [0.05, 0.1) is 12.5 Å². The van der Waals surface area contributed by atoms with Crippen molar-refractivity contribution in [3.63, 3.8) is 0 Å². The van der Waals surface area contributed by atoms with E-state index in [1.807, 2.05) is 0 Å². The molecule has 0 saturated carbocycles. The topological polar surface area (TPSA) is 41.6 Å². The molecule has 2 fully saturated rings. The Hall–Kier alpha value is -1.62. The first-order chi connectivity index (χ1) is 10.1. The molecule has 2 aliphatic rings. The fourth-order valence-corrected chi connectivity index (χ4v) is 3.45. The Morgan fingerprint density at radius 2 is 2.29 bits per heavy atom. The molecule has 0 unspecified atom stereocenters. The van der Waals surface area contributed by atoms with Gasteiger partial charge < -0.3 is 15.0 Å². The Labute approximate surface area is 124 Å². The quantitative estimate of drug-likeness (QED) is 0.925. The van der Waals surface area contributed by atoms with Crippen molar-refractivity contribution in [2.75, 3.05) is 26.7 Å². The van der Waals surface area contributed by atoms with Gasteiger partial charge in [0.1, 0.15) is 11.6 Å². The van der Waals surface area contributed by atoms with Crippen molar-refractivity contribution < 1.29 is 13.9 Å². The number of likely N-dealkylation sites (tertiary alicyclic amines) is 1. The monoisotopic (exact) mass is 292 g/mol. The summed E-state index contributed by atoms with van der Waals surface area (Å²) >= 11 is 0. The number of ether oxygens (including phenoxy) is 1. The number of hydrogen-bond acceptors (Lipinski definition) is 3. The number of halogens is 1. The van der Waals surface area contributed by atoms with E-state index in [0.29, 0.717) is 24.4 Å². The third-order valence-electron chi connectivity index (χ3n) is 4.68. The van der Waals surface area contributed by atoms with Crippen LogP contribution < -0.4 is 10.1 Å². The lowest BCUT2D eigenvalue weighted by Gasteiger charge is -2.39. The summed E-state index contributed by atoms with van der Waals surface area (Å²) in [6.45, 7) is 2.68. The van der Waals surface area contributed by atoms with E-state index in [2.05, 4.69) is 5.32 Å². The molecular formula is C16H21FN2O2. The summed E-state index contributed by atoms with van der Waals surface area (Å²) in [4.78, 5) is 14.6. The second kappa shape index (κ2) is 5.64. The summed E-state index contributed by atoms with van der Waals surface area (Å²) in [7, 11) is 1.56. The maximum absolute atomic E-state index is 14.0. The minimum absolute atomic E-state index is 0.168. The van der Waals surface area contributed by atoms with Gasteiger partial charge in [-0.2, -0.15) is 0 Å². The SMILES string of the molecule is COc1ccc(F)c(CN2CCC[C@]3(CCNC3)C2=O)c1. The first-order valence-corrected chi connectivity index (χ1v) is 7.47. The molecule has 1 atom stereocenters. The lowest BCUT2D eigenvalue weighted by atomic mass is 9.78. The zero-order valence-electron chi connectivity index (χ0n) is 12.3. The van der Waals surface area contributed by atoms with E-state index >= 15 is 0 Å². The molecule has 1 N–H and O–H groups in total. The van der Waals surface area contributed by atoms with Crippen LogP contribution in [-0.4, -0.2) is 37.6 Å². The molecule has 0 aliphatic carbocycles. The number of benzene rings is 1. The largest absolute Gasteiger partial charge is 0.497 e. The minimum atomic E-state index is -0.284. The van der Waals surface area contributed by atoms with Gasteiger partial charge in [-0.05, 0) is 44.0 Å². The van der Waals surface area contributed by atoms with Crippen molar-refractivity contribution >= 4 is 5.91 Å². The molecule has 1 aromatic rings. The maximum atomic E-state index is 14.0. The second-order valence-corrected chi connectivity index (χ2v) is 5.99. The molecular weight excluding hydrogens is 271 g/mol. The van der Waals surface area contributed by atoms with E-state index in [0.717, 1.165) is 32.4 Å². The van der Waals surface area contributed by atoms with Crippen molar-refractivity contribution in [3.05, 3.63) is 29.6 Å². The Morgan fingerprint density at radius 3 is 3.00 bits per heavy atom. The zero-order chi connectivity index (χ0) is 14.9. The predicted molar refractivity (Wildman–Crippen MR) is 77.5 cm³/mol. The highest BCUT2D eigenvalue weighted by Gasteiger charge is 2.45. The van der Waals surface area contributed by atoms with Crippen molar-refractivity contribution in [2.24, 2.45) is 5.41 Å². The van der Waals surface area contributed by atoms with Crippen molar-refractivity contribution in [1.29, 1.82) is 0 Å². The van der Waals surface area contributed by atoms with Gasteiger partial charge in [0, 0.05) is 25.2 Å². The number of hydrogen-bond donors (Lipinski definition) is 1. The summed E-state index contributed by atoms with van der Waals surface area (Å²) in [6, 6.07) is 4.67. The molecule has 2 saturated heterocycles. The first kappa shape index (κ1) is 14.3. The lowest BCUT2D eigenvalue weighted by Crippen LogP contribution is -2.49. The molecule has 0 radical (unpaired) electrons. The van der Waals surface area contributed by atoms with Crippen LogP contribution in [0.2, 0.25) is 0 Å². The molecule has 0 bridgehead atoms. The Kier molecular flexibility index (Phi) is 3.85. The second-order valence-electron chi connectivity index (χ2n) is 5.99. The highest BCUT2D eigenvalue weighted by Crippen LogP contribution is 2.37. The highest BCUT2D eigenvalue weighted by molar-refractivity contribution is 5.84. The number of carbonyl (C=O) groups excluding carboxylic acids is 1. The summed E-state index contributed by atoms with van der Waals surface area (Å²) in [5.74, 6) is 0.502. The van der Waals surface area contributed by atoms with E-state index < -0.39 is 0 Å². The average Bonchev–Trinajstić information content (AvgIpc) is 2.96. The summed E-state index contributed by atoms with van der Waals surface area (Å²) in [6.07, 6.45) is 2.82. The van der Waals surface area contributed by atoms with Gasteiger partial charge >= 0.3 is 0 Å². The van der Waals surface area contributed by atoms with Crippen LogP contribution in [0.4, 0.5) is 4.39 Å². The van der Waals surface area contributed by atoms with Crippen LogP contribution in [0, 0.1) is 11.2 Å². The Bertz CT molecular complexity index is 541. The third kappa shape index (κ3) is 2.62. The Balaban J connectivity index is 1.79. The van der Waals surface area contributed by atoms with E-state index in [9.17, 15) is 9.18 Å². The van der Waals surface area contributed by atoms with Gasteiger partial charge in [-0.1, -0.05) is 0 Å². The van der Waals surface area contributed by atoms with Gasteiger partial charge in [0.2, 0.25) is 5.91 Å². The van der Waals surface area contributed by atoms with Crippen LogP contribution in [0.1, 0.15) is 24.8 Å². The van der Waals surface area contributed by atoms with Crippen LogP contribution in [0.3, 0.4) is 0 Å². The highest BCUT2D eigenvalue weighted by atomic mass is 19.1. The number of carbonyl (C=O) groups is 1. The minimum Gasteiger partial charge on any atom is -0.497 e. The molecule has 4 nitrogen and oxygen atoms in total. The van der Waals surface area contributed by atoms with E-state index in [4.69, 9.17) is 4.74 Å². The molecule has 114 valence electrons. The molecule has 1 aromatic carbocycles. The number of methoxy groups -OCH3 is 1. The number of nitrogens with one attached hydrogen (secondary N) is 1. The Morgan fingerprint density at radius 1 is 1.43 bits per heavy atom. The van der Waals surface area contributed by atoms with Crippen LogP contribution in [0.15, 0.2) is 18.2 Å². The van der Waals surface area contributed by atoms with Gasteiger partial charge in [-0.3, -0.25) is 4.79 Å². The van der Waals surface area contributed by atoms with Gasteiger partial charge in [-0.25, -0.2) is 4.39 Å². The van der Waals surface area contributed by atoms with Crippen molar-refractivity contribution in [1.82, 2.24) is 10.2 Å². The van der Waals surface area contributed by atoms with Crippen LogP contribution in [-0.2, 0) is 11.3 Å². The molecule has 1 amide bonds. The van der Waals surface area contributed by atoms with E-state index in [-0.39, 0.29) is 17.1 Å². The molecule has 2 heterocycles. The van der Waals surface area contributed by atoms with Crippen LogP contribution in [0.25, 0.3) is 0 Å². The zero-order valence-corrected chi connectivity index (χ0v) is 12.3. The number of nitrogens with zero attached hydrogens (tertiary/aromatic N) is 1. The van der Waals surface area contributed by atoms with Gasteiger partial charge in [0.15, 0.2) is 0 Å². The normalized spacial score (nSPS) is 25.6. The van der Waals surface area contributed by atoms with Crippen LogP contribution in [0.5, 0.6) is 5.75 Å². The number of amides is 1. The lowest BCUT2D eigenvalue weighted by molar-refractivity contribution is -0.145. The van der Waals surface area contributed by atoms with Crippen molar-refractivity contribution in [2.45, 2.75) is 25.8 Å². The summed E-state index contributed by atoms with van der Waals surface area (Å²) in [5.41, 5.74) is 0.263. The molecule has 0 aromatic heterocycles. The predicted octanol–water partition coefficient (Wildman–Crippen LogP) is 1.94. The van der Waals surface area contributed by atoms with Crippen LogP contribution >= 0.6 is 0 Å². The molecule has 1 spiro atoms. The molecule has 3 rings (SSSR count). The number of piperidine rings is 1. The first-order valence-electron chi connectivity index (χ1n) is 7.47. The fraction of sp³-hybridized carbons (Fsp3) is 0.562. The molecule has 2 aliphatic heterocycles. The van der Waals surface area contributed by atoms with Gasteiger partial charge in [-0.15, -0.1) is 0 Å². The van der Waals surface area contributed by atoms with E-state index in [1.165, 1.54) is 6.07 Å². The third-order valence-corrected chi connectivity index (χ3v) is 4.68. The molecule has 5 heteroatoms. The summed E-state index contributed by atoms with van der Waals surface area (Å²) < 4.78 is 19.1. The standard InChI is InChI=1S/C16H21FN2O2/c1-21-13-3-4-14(17)12(9-13)10-19-8-2-5-16(15(19)20)6-7-18-11-16/h3-4,9,18H,2,5-8,10-11H2,1H3/t16-/m1/s1. The molecule has 21 heavy (non-hydrogen) atoms. The average molecular weight is 292 g/mol. The van der Waals surface area contributed by atoms with Gasteiger partial charge in [0.25, 0.3) is 0 Å². The smallest absolute Gasteiger partial charge is 0.230 e. The maximum Gasteiger partial charge on any atom is 0.230 e. The fourth-order valence-electron chi connectivity index (χ4n) is 3.45. The van der Waals surface area contributed by atoms with Crippen molar-refractivity contribution in [3.8, 4) is 5.75 Å². The summed E-state index contributed by atoms with van der Waals surface area (Å²) in [5, 5.41) is 3.29. The van der Waals surface area contributed by atoms with E-state index in [1.54, 1.807) is 24.1 Å². The number of rotatable bonds is 3.